The van der Waals surface area contributed by atoms with Gasteiger partial charge in [-0.2, -0.15) is 0 Å². The number of hydrogen-bond acceptors (Lipinski definition) is 3. The topological polar surface area (TPSA) is 72.0 Å². The molecule has 1 fully saturated rings. The average Bonchev–Trinajstić information content (AvgIpc) is 2.28. The lowest BCUT2D eigenvalue weighted by molar-refractivity contribution is 0.154. The molecule has 2 rings (SSSR count). The van der Waals surface area contributed by atoms with Crippen molar-refractivity contribution in [2.45, 2.75) is 52.1 Å². The van der Waals surface area contributed by atoms with Crippen molar-refractivity contribution >= 4 is 5.84 Å². The third-order valence-electron chi connectivity index (χ3n) is 3.41. The van der Waals surface area contributed by atoms with E-state index in [2.05, 4.69) is 4.98 Å². The highest BCUT2D eigenvalue weighted by Crippen LogP contribution is 2.27. The summed E-state index contributed by atoms with van der Waals surface area (Å²) in [5.41, 5.74) is 7.96. The maximum atomic E-state index is 7.66. The normalized spacial score (nSPS) is 16.6. The molecule has 1 aliphatic rings. The molecule has 1 aromatic heterocycles. The van der Waals surface area contributed by atoms with Crippen LogP contribution in [0.1, 0.15) is 49.1 Å². The van der Waals surface area contributed by atoms with Crippen molar-refractivity contribution in [1.29, 1.82) is 5.41 Å². The van der Waals surface area contributed by atoms with Crippen LogP contribution in [0.5, 0.6) is 5.75 Å². The molecule has 0 amide bonds. The highest BCUT2D eigenvalue weighted by atomic mass is 16.5. The maximum absolute atomic E-state index is 7.66. The number of amidine groups is 1. The van der Waals surface area contributed by atoms with Crippen molar-refractivity contribution in [2.24, 2.45) is 5.73 Å². The number of pyridine rings is 1. The smallest absolute Gasteiger partial charge is 0.134 e. The van der Waals surface area contributed by atoms with Crippen molar-refractivity contribution in [2.75, 3.05) is 0 Å². The molecule has 0 atom stereocenters. The number of aryl methyl sites for hydroxylation is 2. The van der Waals surface area contributed by atoms with Crippen LogP contribution < -0.4 is 10.5 Å². The molecule has 1 heterocycles. The van der Waals surface area contributed by atoms with Crippen LogP contribution in [0.2, 0.25) is 0 Å². The summed E-state index contributed by atoms with van der Waals surface area (Å²) >= 11 is 0. The quantitative estimate of drug-likeness (QED) is 0.637. The summed E-state index contributed by atoms with van der Waals surface area (Å²) in [4.78, 5) is 4.35. The first-order chi connectivity index (χ1) is 8.58. The molecule has 0 bridgehead atoms. The Hall–Kier alpha value is -1.58. The molecular formula is C14H21N3O. The van der Waals surface area contributed by atoms with Gasteiger partial charge in [-0.1, -0.05) is 6.42 Å². The Morgan fingerprint density at radius 2 is 2.00 bits per heavy atom. The van der Waals surface area contributed by atoms with Crippen LogP contribution in [-0.2, 0) is 0 Å². The van der Waals surface area contributed by atoms with Crippen LogP contribution >= 0.6 is 0 Å². The lowest BCUT2D eigenvalue weighted by atomic mass is 9.97. The fourth-order valence-electron chi connectivity index (χ4n) is 2.58. The molecule has 4 nitrogen and oxygen atoms in total. The number of ether oxygens (including phenoxy) is 1. The Morgan fingerprint density at radius 3 is 2.61 bits per heavy atom. The molecule has 98 valence electrons. The van der Waals surface area contributed by atoms with Gasteiger partial charge in [-0.05, 0) is 39.5 Å². The summed E-state index contributed by atoms with van der Waals surface area (Å²) in [7, 11) is 0. The van der Waals surface area contributed by atoms with Gasteiger partial charge in [-0.25, -0.2) is 0 Å². The minimum Gasteiger partial charge on any atom is -0.490 e. The second-order valence-electron chi connectivity index (χ2n) is 5.01. The predicted molar refractivity (Wildman–Crippen MR) is 72.2 cm³/mol. The number of nitrogens with one attached hydrogen (secondary N) is 1. The van der Waals surface area contributed by atoms with Gasteiger partial charge in [0.05, 0.1) is 17.4 Å². The molecule has 3 N–H and O–H groups in total. The van der Waals surface area contributed by atoms with Gasteiger partial charge in [0.25, 0.3) is 0 Å². The number of nitrogen functional groups attached to an aromatic ring is 1. The molecule has 0 radical (unpaired) electrons. The molecule has 0 spiro atoms. The van der Waals surface area contributed by atoms with E-state index in [4.69, 9.17) is 15.9 Å². The van der Waals surface area contributed by atoms with E-state index in [1.807, 2.05) is 19.9 Å². The van der Waals surface area contributed by atoms with E-state index in [-0.39, 0.29) is 11.9 Å². The van der Waals surface area contributed by atoms with Crippen LogP contribution in [0.4, 0.5) is 0 Å². The Morgan fingerprint density at radius 1 is 1.33 bits per heavy atom. The number of rotatable bonds is 3. The van der Waals surface area contributed by atoms with Crippen LogP contribution in [0.25, 0.3) is 0 Å². The van der Waals surface area contributed by atoms with Crippen molar-refractivity contribution in [3.8, 4) is 5.75 Å². The van der Waals surface area contributed by atoms with Crippen LogP contribution in [0, 0.1) is 19.3 Å². The van der Waals surface area contributed by atoms with E-state index in [1.165, 1.54) is 19.3 Å². The lowest BCUT2D eigenvalue weighted by Crippen LogP contribution is -2.23. The molecule has 0 saturated heterocycles. The molecule has 1 aromatic rings. The van der Waals surface area contributed by atoms with E-state index >= 15 is 0 Å². The number of nitrogens with zero attached hydrogens (tertiary/aromatic N) is 1. The zero-order valence-electron chi connectivity index (χ0n) is 11.1. The van der Waals surface area contributed by atoms with E-state index < -0.39 is 0 Å². The summed E-state index contributed by atoms with van der Waals surface area (Å²) < 4.78 is 6.05. The van der Waals surface area contributed by atoms with Gasteiger partial charge in [-0.15, -0.1) is 0 Å². The number of aromatic nitrogens is 1. The SMILES string of the molecule is Cc1cc(OC2CCCCC2)c(C(=N)N)c(C)n1. The first-order valence-electron chi connectivity index (χ1n) is 6.57. The Bertz CT molecular complexity index is 451. The van der Waals surface area contributed by atoms with Gasteiger partial charge in [0.2, 0.25) is 0 Å². The maximum Gasteiger partial charge on any atom is 0.134 e. The molecular weight excluding hydrogens is 226 g/mol. The van der Waals surface area contributed by atoms with Crippen molar-refractivity contribution in [1.82, 2.24) is 4.98 Å². The minimum absolute atomic E-state index is 0.0332. The monoisotopic (exact) mass is 247 g/mol. The summed E-state index contributed by atoms with van der Waals surface area (Å²) in [5.74, 6) is 0.755. The summed E-state index contributed by atoms with van der Waals surface area (Å²) in [6, 6.07) is 1.89. The minimum atomic E-state index is 0.0332. The first-order valence-corrected chi connectivity index (χ1v) is 6.57. The standard InChI is InChI=1S/C14H21N3O/c1-9-8-12(13(14(15)16)10(2)17-9)18-11-6-4-3-5-7-11/h8,11H,3-7H2,1-2H3,(H3,15,16). The van der Waals surface area contributed by atoms with E-state index in [0.29, 0.717) is 5.56 Å². The van der Waals surface area contributed by atoms with Gasteiger partial charge in [0.15, 0.2) is 0 Å². The molecule has 0 unspecified atom stereocenters. The summed E-state index contributed by atoms with van der Waals surface area (Å²) in [6.45, 7) is 3.81. The van der Waals surface area contributed by atoms with Gasteiger partial charge < -0.3 is 10.5 Å². The van der Waals surface area contributed by atoms with Crippen LogP contribution in [0.15, 0.2) is 6.07 Å². The number of hydrogen-bond donors (Lipinski definition) is 2. The highest BCUT2D eigenvalue weighted by Gasteiger charge is 2.19. The van der Waals surface area contributed by atoms with Gasteiger partial charge in [-0.3, -0.25) is 10.4 Å². The van der Waals surface area contributed by atoms with Crippen LogP contribution in [0.3, 0.4) is 0 Å². The molecule has 0 aromatic carbocycles. The van der Waals surface area contributed by atoms with Crippen LogP contribution in [-0.4, -0.2) is 16.9 Å². The van der Waals surface area contributed by atoms with Gasteiger partial charge >= 0.3 is 0 Å². The molecule has 4 heteroatoms. The summed E-state index contributed by atoms with van der Waals surface area (Å²) in [5, 5.41) is 7.66. The fourth-order valence-corrected chi connectivity index (χ4v) is 2.58. The van der Waals surface area contributed by atoms with E-state index in [1.54, 1.807) is 0 Å². The first kappa shape index (κ1) is 12.9. The third kappa shape index (κ3) is 2.81. The molecule has 18 heavy (non-hydrogen) atoms. The zero-order chi connectivity index (χ0) is 13.1. The molecule has 1 aliphatic carbocycles. The van der Waals surface area contributed by atoms with Crippen molar-refractivity contribution in [3.63, 3.8) is 0 Å². The zero-order valence-corrected chi connectivity index (χ0v) is 11.1. The summed E-state index contributed by atoms with van der Waals surface area (Å²) in [6.07, 6.45) is 6.20. The number of nitrogens with two attached hydrogens (primary N) is 1. The second kappa shape index (κ2) is 5.38. The third-order valence-corrected chi connectivity index (χ3v) is 3.41. The average molecular weight is 247 g/mol. The Kier molecular flexibility index (Phi) is 3.84. The van der Waals surface area contributed by atoms with Crippen molar-refractivity contribution < 1.29 is 4.74 Å². The van der Waals surface area contributed by atoms with E-state index in [0.717, 1.165) is 30.0 Å². The largest absolute Gasteiger partial charge is 0.490 e. The predicted octanol–water partition coefficient (Wildman–Crippen LogP) is 2.69. The highest BCUT2D eigenvalue weighted by molar-refractivity contribution is 5.98. The second-order valence-corrected chi connectivity index (χ2v) is 5.01. The Balaban J connectivity index is 2.27. The molecule has 0 aliphatic heterocycles. The van der Waals surface area contributed by atoms with Gasteiger partial charge in [0.1, 0.15) is 11.6 Å². The van der Waals surface area contributed by atoms with E-state index in [9.17, 15) is 0 Å². The Labute approximate surface area is 108 Å². The van der Waals surface area contributed by atoms with Gasteiger partial charge in [0, 0.05) is 11.8 Å². The van der Waals surface area contributed by atoms with Crippen molar-refractivity contribution in [3.05, 3.63) is 23.0 Å². The fraction of sp³-hybridized carbons (Fsp3) is 0.571. The molecule has 1 saturated carbocycles. The lowest BCUT2D eigenvalue weighted by Gasteiger charge is -2.24.